The van der Waals surface area contributed by atoms with Crippen molar-refractivity contribution < 1.29 is 9.53 Å². The number of hydrogen-bond donors (Lipinski definition) is 0. The minimum Gasteiger partial charge on any atom is -0.493 e. The van der Waals surface area contributed by atoms with E-state index in [-0.39, 0.29) is 5.91 Å². The third-order valence-electron chi connectivity index (χ3n) is 3.95. The number of benzene rings is 1. The number of nitrogens with zero attached hydrogens (tertiary/aromatic N) is 1. The Hall–Kier alpha value is -1.03. The lowest BCUT2D eigenvalue weighted by Gasteiger charge is -2.28. The highest BCUT2D eigenvalue weighted by Gasteiger charge is 2.24. The molecule has 1 aliphatic heterocycles. The van der Waals surface area contributed by atoms with Crippen LogP contribution in [0, 0.1) is 6.92 Å². The zero-order valence-electron chi connectivity index (χ0n) is 12.7. The molecule has 0 saturated carbocycles. The average molecular weight is 354 g/mol. The molecule has 1 aromatic carbocycles. The molecule has 1 fully saturated rings. The van der Waals surface area contributed by atoms with Gasteiger partial charge in [0.05, 0.1) is 13.0 Å². The Morgan fingerprint density at radius 3 is 3.00 bits per heavy atom. The first-order chi connectivity index (χ1) is 10.2. The predicted molar refractivity (Wildman–Crippen MR) is 89.1 cm³/mol. The van der Waals surface area contributed by atoms with Gasteiger partial charge < -0.3 is 9.64 Å². The van der Waals surface area contributed by atoms with Gasteiger partial charge in [0.1, 0.15) is 5.75 Å². The normalized spacial score (nSPS) is 19.1. The number of alkyl halides is 1. The summed E-state index contributed by atoms with van der Waals surface area (Å²) in [5.74, 6) is 1.06. The summed E-state index contributed by atoms with van der Waals surface area (Å²) in [6.07, 6.45) is 5.13. The maximum Gasteiger partial charge on any atom is 0.226 e. The van der Waals surface area contributed by atoms with E-state index >= 15 is 0 Å². The number of likely N-dealkylation sites (tertiary alicyclic amines) is 1. The molecule has 0 bridgehead atoms. The molecule has 1 heterocycles. The van der Waals surface area contributed by atoms with Crippen molar-refractivity contribution in [3.63, 3.8) is 0 Å². The predicted octanol–water partition coefficient (Wildman–Crippen LogP) is 3.93. The highest BCUT2D eigenvalue weighted by molar-refractivity contribution is 9.09. The summed E-state index contributed by atoms with van der Waals surface area (Å²) in [4.78, 5) is 14.4. The van der Waals surface area contributed by atoms with Gasteiger partial charge in [0, 0.05) is 17.9 Å². The molecule has 1 aromatic rings. The minimum absolute atomic E-state index is 0.217. The Kier molecular flexibility index (Phi) is 6.55. The van der Waals surface area contributed by atoms with Crippen LogP contribution in [0.2, 0.25) is 0 Å². The van der Waals surface area contributed by atoms with Gasteiger partial charge in [0.15, 0.2) is 0 Å². The molecule has 0 aromatic heterocycles. The van der Waals surface area contributed by atoms with E-state index in [1.165, 1.54) is 18.4 Å². The van der Waals surface area contributed by atoms with Crippen molar-refractivity contribution in [3.8, 4) is 5.75 Å². The molecule has 116 valence electrons. The number of ether oxygens (including phenoxy) is 1. The van der Waals surface area contributed by atoms with Crippen molar-refractivity contribution in [2.24, 2.45) is 0 Å². The number of carbonyl (C=O) groups excluding carboxylic acids is 1. The molecule has 0 radical (unpaired) electrons. The fourth-order valence-electron chi connectivity index (χ4n) is 2.77. The van der Waals surface area contributed by atoms with E-state index in [1.54, 1.807) is 0 Å². The maximum atomic E-state index is 12.4. The fraction of sp³-hybridized carbons (Fsp3) is 0.588. The molecule has 21 heavy (non-hydrogen) atoms. The summed E-state index contributed by atoms with van der Waals surface area (Å²) in [6.45, 7) is 3.38. The molecule has 3 nitrogen and oxygen atoms in total. The molecule has 1 amide bonds. The average Bonchev–Trinajstić information content (AvgIpc) is 2.72. The lowest BCUT2D eigenvalue weighted by atomic mass is 10.1. The van der Waals surface area contributed by atoms with Crippen molar-refractivity contribution >= 4 is 21.8 Å². The molecule has 1 unspecified atom stereocenters. The minimum atomic E-state index is 0.217. The van der Waals surface area contributed by atoms with E-state index in [4.69, 9.17) is 4.74 Å². The van der Waals surface area contributed by atoms with Crippen LogP contribution >= 0.6 is 15.9 Å². The SMILES string of the molecule is Cc1cccc(OCCC(=O)N2CCCCCC2CBr)c1. The van der Waals surface area contributed by atoms with Crippen molar-refractivity contribution in [2.75, 3.05) is 18.5 Å². The van der Waals surface area contributed by atoms with Crippen LogP contribution in [0.15, 0.2) is 24.3 Å². The topological polar surface area (TPSA) is 29.5 Å². The quantitative estimate of drug-likeness (QED) is 0.750. The van der Waals surface area contributed by atoms with Gasteiger partial charge in [-0.1, -0.05) is 40.9 Å². The third-order valence-corrected chi connectivity index (χ3v) is 4.70. The molecular weight excluding hydrogens is 330 g/mol. The van der Waals surface area contributed by atoms with Crippen LogP contribution < -0.4 is 4.74 Å². The number of rotatable bonds is 5. The smallest absolute Gasteiger partial charge is 0.226 e. The van der Waals surface area contributed by atoms with Crippen LogP contribution in [0.3, 0.4) is 0 Å². The Bertz CT molecular complexity index is 464. The maximum absolute atomic E-state index is 12.4. The van der Waals surface area contributed by atoms with Crippen LogP contribution in [0.25, 0.3) is 0 Å². The number of hydrogen-bond acceptors (Lipinski definition) is 2. The van der Waals surface area contributed by atoms with Gasteiger partial charge in [-0.2, -0.15) is 0 Å². The van der Waals surface area contributed by atoms with E-state index in [2.05, 4.69) is 15.9 Å². The molecule has 1 atom stereocenters. The van der Waals surface area contributed by atoms with Crippen molar-refractivity contribution in [2.45, 2.75) is 45.1 Å². The van der Waals surface area contributed by atoms with E-state index in [9.17, 15) is 4.79 Å². The molecule has 1 aliphatic rings. The first-order valence-corrected chi connectivity index (χ1v) is 8.88. The Labute approximate surface area is 135 Å². The lowest BCUT2D eigenvalue weighted by molar-refractivity contribution is -0.133. The van der Waals surface area contributed by atoms with Crippen LogP contribution in [0.1, 0.15) is 37.7 Å². The van der Waals surface area contributed by atoms with Crippen molar-refractivity contribution in [1.82, 2.24) is 4.90 Å². The monoisotopic (exact) mass is 353 g/mol. The van der Waals surface area contributed by atoms with Gasteiger partial charge in [-0.15, -0.1) is 0 Å². The summed E-state index contributed by atoms with van der Waals surface area (Å²) >= 11 is 3.54. The second kappa shape index (κ2) is 8.42. The van der Waals surface area contributed by atoms with E-state index in [0.717, 1.165) is 30.5 Å². The summed E-state index contributed by atoms with van der Waals surface area (Å²) in [6, 6.07) is 8.29. The van der Waals surface area contributed by atoms with Crippen LogP contribution in [0.4, 0.5) is 0 Å². The standard InChI is InChI=1S/C17H24BrNO2/c1-14-6-5-8-16(12-14)21-11-9-17(20)19-10-4-2-3-7-15(19)13-18/h5-6,8,12,15H,2-4,7,9-11,13H2,1H3. The summed E-state index contributed by atoms with van der Waals surface area (Å²) < 4.78 is 5.69. The molecule has 1 saturated heterocycles. The Morgan fingerprint density at radius 1 is 1.38 bits per heavy atom. The molecule has 2 rings (SSSR count). The molecule has 4 heteroatoms. The first kappa shape index (κ1) is 16.3. The zero-order chi connectivity index (χ0) is 15.1. The van der Waals surface area contributed by atoms with Gasteiger partial charge in [0.25, 0.3) is 0 Å². The van der Waals surface area contributed by atoms with Crippen molar-refractivity contribution in [3.05, 3.63) is 29.8 Å². The van der Waals surface area contributed by atoms with Gasteiger partial charge in [0.2, 0.25) is 5.91 Å². The second-order valence-electron chi connectivity index (χ2n) is 5.66. The molecule has 0 spiro atoms. The zero-order valence-corrected chi connectivity index (χ0v) is 14.3. The van der Waals surface area contributed by atoms with Gasteiger partial charge in [-0.05, 0) is 37.5 Å². The number of halogens is 1. The van der Waals surface area contributed by atoms with Crippen LogP contribution in [-0.2, 0) is 4.79 Å². The molecule has 0 N–H and O–H groups in total. The second-order valence-corrected chi connectivity index (χ2v) is 6.31. The summed E-state index contributed by atoms with van der Waals surface area (Å²) in [5.41, 5.74) is 1.17. The highest BCUT2D eigenvalue weighted by Crippen LogP contribution is 2.19. The highest BCUT2D eigenvalue weighted by atomic mass is 79.9. The van der Waals surface area contributed by atoms with Crippen molar-refractivity contribution in [1.29, 1.82) is 0 Å². The summed E-state index contributed by atoms with van der Waals surface area (Å²) in [7, 11) is 0. The van der Waals surface area contributed by atoms with Gasteiger partial charge >= 0.3 is 0 Å². The van der Waals surface area contributed by atoms with Gasteiger partial charge in [-0.25, -0.2) is 0 Å². The number of carbonyl (C=O) groups is 1. The molecular formula is C17H24BrNO2. The molecule has 0 aliphatic carbocycles. The van der Waals surface area contributed by atoms with Crippen LogP contribution in [0.5, 0.6) is 5.75 Å². The third kappa shape index (κ3) is 5.03. The number of aryl methyl sites for hydroxylation is 1. The Balaban J connectivity index is 1.82. The largest absolute Gasteiger partial charge is 0.493 e. The van der Waals surface area contributed by atoms with E-state index < -0.39 is 0 Å². The van der Waals surface area contributed by atoms with Gasteiger partial charge in [-0.3, -0.25) is 4.79 Å². The fourth-order valence-corrected chi connectivity index (χ4v) is 3.44. The Morgan fingerprint density at radius 2 is 2.24 bits per heavy atom. The van der Waals surface area contributed by atoms with E-state index in [0.29, 0.717) is 19.1 Å². The lowest BCUT2D eigenvalue weighted by Crippen LogP contribution is -2.41. The summed E-state index contributed by atoms with van der Waals surface area (Å²) in [5, 5.41) is 0.872. The van der Waals surface area contributed by atoms with E-state index in [1.807, 2.05) is 36.1 Å². The first-order valence-electron chi connectivity index (χ1n) is 7.75. The van der Waals surface area contributed by atoms with Crippen LogP contribution in [-0.4, -0.2) is 35.3 Å². The number of amides is 1.